The standard InChI is InChI=1S/C20H24N2O3/c23-19-8-4-7-18(19)22-20(24)21-17-11-9-16(10-12-17)14-25-13-15-5-2-1-3-6-15/h1-3,5-6,9-12,18-19,23H,4,7-8,13-14H2,(H2,21,22,24)/t18-,19-/m1/s1. The van der Waals surface area contributed by atoms with Crippen LogP contribution in [0.25, 0.3) is 0 Å². The van der Waals surface area contributed by atoms with Crippen LogP contribution in [0.3, 0.4) is 0 Å². The van der Waals surface area contributed by atoms with Crippen LogP contribution >= 0.6 is 0 Å². The zero-order valence-corrected chi connectivity index (χ0v) is 14.2. The number of benzene rings is 2. The van der Waals surface area contributed by atoms with Gasteiger partial charge in [0.1, 0.15) is 0 Å². The smallest absolute Gasteiger partial charge is 0.319 e. The van der Waals surface area contributed by atoms with Gasteiger partial charge >= 0.3 is 6.03 Å². The highest BCUT2D eigenvalue weighted by atomic mass is 16.5. The summed E-state index contributed by atoms with van der Waals surface area (Å²) < 4.78 is 5.70. The van der Waals surface area contributed by atoms with Gasteiger partial charge < -0.3 is 20.5 Å². The molecule has 0 aromatic heterocycles. The second-order valence-electron chi connectivity index (χ2n) is 6.38. The fourth-order valence-electron chi connectivity index (χ4n) is 2.99. The normalized spacial score (nSPS) is 19.6. The van der Waals surface area contributed by atoms with E-state index in [4.69, 9.17) is 4.74 Å². The number of urea groups is 1. The first kappa shape index (κ1) is 17.5. The van der Waals surface area contributed by atoms with E-state index in [1.54, 1.807) is 0 Å². The Labute approximate surface area is 148 Å². The SMILES string of the molecule is O=C(Nc1ccc(COCc2ccccc2)cc1)N[C@@H]1CCC[C@H]1O. The van der Waals surface area contributed by atoms with Gasteiger partial charge in [-0.05, 0) is 42.5 Å². The summed E-state index contributed by atoms with van der Waals surface area (Å²) in [5.41, 5.74) is 2.91. The molecular weight excluding hydrogens is 316 g/mol. The Bertz CT molecular complexity index is 673. The average molecular weight is 340 g/mol. The molecule has 132 valence electrons. The van der Waals surface area contributed by atoms with Crippen molar-refractivity contribution in [3.05, 3.63) is 65.7 Å². The lowest BCUT2D eigenvalue weighted by Gasteiger charge is -2.17. The van der Waals surface area contributed by atoms with E-state index in [1.165, 1.54) is 0 Å². The van der Waals surface area contributed by atoms with E-state index in [0.717, 1.165) is 36.1 Å². The molecule has 3 N–H and O–H groups in total. The van der Waals surface area contributed by atoms with Crippen LogP contribution in [0.4, 0.5) is 10.5 Å². The second-order valence-corrected chi connectivity index (χ2v) is 6.38. The van der Waals surface area contributed by atoms with Gasteiger partial charge in [0.2, 0.25) is 0 Å². The van der Waals surface area contributed by atoms with Gasteiger partial charge in [0.25, 0.3) is 0 Å². The van der Waals surface area contributed by atoms with Gasteiger partial charge in [-0.25, -0.2) is 4.79 Å². The van der Waals surface area contributed by atoms with Crippen LogP contribution in [0.2, 0.25) is 0 Å². The molecule has 1 saturated carbocycles. The topological polar surface area (TPSA) is 70.6 Å². The first-order chi connectivity index (χ1) is 12.2. The van der Waals surface area contributed by atoms with Crippen molar-refractivity contribution in [2.75, 3.05) is 5.32 Å². The molecule has 0 bridgehead atoms. The van der Waals surface area contributed by atoms with Crippen LogP contribution in [0, 0.1) is 0 Å². The van der Waals surface area contributed by atoms with Crippen LogP contribution in [-0.2, 0) is 18.0 Å². The molecule has 0 radical (unpaired) electrons. The molecule has 1 fully saturated rings. The summed E-state index contributed by atoms with van der Waals surface area (Å²) in [5.74, 6) is 0. The van der Waals surface area contributed by atoms with Crippen LogP contribution in [0.1, 0.15) is 30.4 Å². The quantitative estimate of drug-likeness (QED) is 0.754. The summed E-state index contributed by atoms with van der Waals surface area (Å²) in [4.78, 5) is 12.0. The fourth-order valence-corrected chi connectivity index (χ4v) is 2.99. The minimum Gasteiger partial charge on any atom is -0.391 e. The number of carbonyl (C=O) groups excluding carboxylic acids is 1. The Hall–Kier alpha value is -2.37. The minimum atomic E-state index is -0.435. The molecule has 5 heteroatoms. The predicted molar refractivity (Wildman–Crippen MR) is 97.2 cm³/mol. The Kier molecular flexibility index (Phi) is 6.04. The number of hydrogen-bond donors (Lipinski definition) is 3. The van der Waals surface area contributed by atoms with E-state index in [1.807, 2.05) is 54.6 Å². The largest absolute Gasteiger partial charge is 0.391 e. The van der Waals surface area contributed by atoms with Crippen molar-refractivity contribution >= 4 is 11.7 Å². The van der Waals surface area contributed by atoms with Crippen LogP contribution in [0.15, 0.2) is 54.6 Å². The molecule has 2 aromatic carbocycles. The molecule has 0 spiro atoms. The average Bonchev–Trinajstić information content (AvgIpc) is 3.02. The Morgan fingerprint density at radius 2 is 1.68 bits per heavy atom. The van der Waals surface area contributed by atoms with Gasteiger partial charge in [-0.2, -0.15) is 0 Å². The number of hydrogen-bond acceptors (Lipinski definition) is 3. The number of amides is 2. The van der Waals surface area contributed by atoms with Crippen molar-refractivity contribution in [1.82, 2.24) is 5.32 Å². The molecular formula is C20H24N2O3. The summed E-state index contributed by atoms with van der Waals surface area (Å²) in [5, 5.41) is 15.4. The zero-order valence-electron chi connectivity index (χ0n) is 14.2. The summed E-state index contributed by atoms with van der Waals surface area (Å²) >= 11 is 0. The van der Waals surface area contributed by atoms with Crippen LogP contribution in [-0.4, -0.2) is 23.3 Å². The lowest BCUT2D eigenvalue weighted by Crippen LogP contribution is -2.42. The maximum absolute atomic E-state index is 12.0. The van der Waals surface area contributed by atoms with Gasteiger partial charge in [0.05, 0.1) is 25.4 Å². The van der Waals surface area contributed by atoms with Gasteiger partial charge in [0, 0.05) is 5.69 Å². The molecule has 2 atom stereocenters. The maximum atomic E-state index is 12.0. The van der Waals surface area contributed by atoms with Crippen molar-refractivity contribution in [3.8, 4) is 0 Å². The van der Waals surface area contributed by atoms with Crippen molar-refractivity contribution in [2.24, 2.45) is 0 Å². The first-order valence-electron chi connectivity index (χ1n) is 8.67. The zero-order chi connectivity index (χ0) is 17.5. The van der Waals surface area contributed by atoms with Crippen molar-refractivity contribution in [3.63, 3.8) is 0 Å². The van der Waals surface area contributed by atoms with Crippen LogP contribution in [0.5, 0.6) is 0 Å². The summed E-state index contributed by atoms with van der Waals surface area (Å²) in [7, 11) is 0. The molecule has 3 rings (SSSR count). The lowest BCUT2D eigenvalue weighted by molar-refractivity contribution is 0.107. The highest BCUT2D eigenvalue weighted by Gasteiger charge is 2.26. The highest BCUT2D eigenvalue weighted by molar-refractivity contribution is 5.89. The van der Waals surface area contributed by atoms with Gasteiger partial charge in [-0.3, -0.25) is 0 Å². The van der Waals surface area contributed by atoms with Crippen molar-refractivity contribution in [1.29, 1.82) is 0 Å². The molecule has 25 heavy (non-hydrogen) atoms. The third-order valence-electron chi connectivity index (χ3n) is 4.39. The number of anilines is 1. The first-order valence-corrected chi connectivity index (χ1v) is 8.67. The number of aliphatic hydroxyl groups is 1. The van der Waals surface area contributed by atoms with Crippen molar-refractivity contribution in [2.45, 2.75) is 44.6 Å². The Morgan fingerprint density at radius 3 is 2.32 bits per heavy atom. The molecule has 0 heterocycles. The van der Waals surface area contributed by atoms with Crippen LogP contribution < -0.4 is 10.6 Å². The van der Waals surface area contributed by atoms with E-state index >= 15 is 0 Å². The molecule has 0 aliphatic heterocycles. The van der Waals surface area contributed by atoms with Gasteiger partial charge in [-0.15, -0.1) is 0 Å². The number of rotatable bonds is 6. The molecule has 2 amide bonds. The van der Waals surface area contributed by atoms with Crippen molar-refractivity contribution < 1.29 is 14.6 Å². The van der Waals surface area contributed by atoms with E-state index in [2.05, 4.69) is 10.6 Å². The lowest BCUT2D eigenvalue weighted by atomic mass is 10.2. The predicted octanol–water partition coefficient (Wildman–Crippen LogP) is 3.44. The monoisotopic (exact) mass is 340 g/mol. The number of carbonyl (C=O) groups is 1. The third kappa shape index (κ3) is 5.31. The van der Waals surface area contributed by atoms with Gasteiger partial charge in [-0.1, -0.05) is 42.5 Å². The van der Waals surface area contributed by atoms with E-state index in [9.17, 15) is 9.90 Å². The van der Waals surface area contributed by atoms with E-state index in [0.29, 0.717) is 13.2 Å². The minimum absolute atomic E-state index is 0.148. The number of aliphatic hydroxyl groups excluding tert-OH is 1. The number of nitrogens with one attached hydrogen (secondary N) is 2. The molecule has 1 aliphatic rings. The molecule has 0 saturated heterocycles. The molecule has 2 aromatic rings. The number of ether oxygens (including phenoxy) is 1. The molecule has 5 nitrogen and oxygen atoms in total. The van der Waals surface area contributed by atoms with E-state index in [-0.39, 0.29) is 12.1 Å². The van der Waals surface area contributed by atoms with E-state index < -0.39 is 6.10 Å². The van der Waals surface area contributed by atoms with Gasteiger partial charge in [0.15, 0.2) is 0 Å². The third-order valence-corrected chi connectivity index (χ3v) is 4.39. The molecule has 1 aliphatic carbocycles. The fraction of sp³-hybridized carbons (Fsp3) is 0.350. The summed E-state index contributed by atoms with van der Waals surface area (Å²) in [6, 6.07) is 17.2. The summed E-state index contributed by atoms with van der Waals surface area (Å²) in [6.07, 6.45) is 2.09. The Morgan fingerprint density at radius 1 is 1.00 bits per heavy atom. The second kappa shape index (κ2) is 8.65. The summed E-state index contributed by atoms with van der Waals surface area (Å²) in [6.45, 7) is 1.10. The highest BCUT2D eigenvalue weighted by Crippen LogP contribution is 2.19. The Balaban J connectivity index is 1.43. The maximum Gasteiger partial charge on any atom is 0.319 e. The molecule has 0 unspecified atom stereocenters.